The van der Waals surface area contributed by atoms with Gasteiger partial charge in [-0.15, -0.1) is 0 Å². The van der Waals surface area contributed by atoms with E-state index in [0.717, 1.165) is 32.5 Å². The summed E-state index contributed by atoms with van der Waals surface area (Å²) in [6.45, 7) is 3.76. The van der Waals surface area contributed by atoms with Crippen molar-refractivity contribution < 1.29 is 14.0 Å². The van der Waals surface area contributed by atoms with Crippen molar-refractivity contribution in [3.8, 4) is 0 Å². The molecule has 4 fully saturated rings. The molecule has 5 heterocycles. The molecule has 2 bridgehead atoms. The lowest BCUT2D eigenvalue weighted by Gasteiger charge is -2.45. The molecule has 128 valence electrons. The topological polar surface area (TPSA) is 69.9 Å². The fourth-order valence-electron chi connectivity index (χ4n) is 4.95. The first kappa shape index (κ1) is 14.8. The maximum Gasteiger partial charge on any atom is 0.301 e. The van der Waals surface area contributed by atoms with E-state index in [-0.39, 0.29) is 17.1 Å². The fraction of sp³-hybridized carbons (Fsp3) is 0.688. The molecule has 1 aromatic heterocycles. The first-order chi connectivity index (χ1) is 11.7. The third-order valence-electron chi connectivity index (χ3n) is 6.01. The summed E-state index contributed by atoms with van der Waals surface area (Å²) in [4.78, 5) is 32.1. The molecule has 4 saturated heterocycles. The molecule has 4 aliphatic rings. The van der Waals surface area contributed by atoms with Gasteiger partial charge in [0.15, 0.2) is 5.54 Å². The smallest absolute Gasteiger partial charge is 0.301 e. The van der Waals surface area contributed by atoms with Crippen LogP contribution in [0, 0.1) is 11.8 Å². The summed E-state index contributed by atoms with van der Waals surface area (Å²) < 4.78 is 5.74. The van der Waals surface area contributed by atoms with E-state index in [9.17, 15) is 9.59 Å². The van der Waals surface area contributed by atoms with Crippen molar-refractivity contribution >= 4 is 22.9 Å². The molecule has 8 heteroatoms. The van der Waals surface area contributed by atoms with Gasteiger partial charge in [-0.05, 0) is 25.3 Å². The number of hydrogen-bond donors (Lipinski definition) is 0. The predicted molar refractivity (Wildman–Crippen MR) is 86.9 cm³/mol. The lowest BCUT2D eigenvalue weighted by atomic mass is 9.76. The zero-order valence-corrected chi connectivity index (χ0v) is 14.2. The van der Waals surface area contributed by atoms with Crippen molar-refractivity contribution in [1.29, 1.82) is 0 Å². The Morgan fingerprint density at radius 3 is 2.83 bits per heavy atom. The number of hydrazine groups is 1. The van der Waals surface area contributed by atoms with Gasteiger partial charge in [-0.1, -0.05) is 11.8 Å². The number of thioether (sulfide) groups is 1. The van der Waals surface area contributed by atoms with Gasteiger partial charge >= 0.3 is 5.24 Å². The van der Waals surface area contributed by atoms with Crippen LogP contribution < -0.4 is 0 Å². The van der Waals surface area contributed by atoms with Crippen molar-refractivity contribution in [2.24, 2.45) is 11.8 Å². The van der Waals surface area contributed by atoms with Gasteiger partial charge in [-0.2, -0.15) is 0 Å². The van der Waals surface area contributed by atoms with Crippen LogP contribution in [0.4, 0.5) is 4.79 Å². The van der Waals surface area contributed by atoms with E-state index in [2.05, 4.69) is 9.88 Å². The molecule has 7 nitrogen and oxygen atoms in total. The van der Waals surface area contributed by atoms with Gasteiger partial charge in [0, 0.05) is 37.7 Å². The summed E-state index contributed by atoms with van der Waals surface area (Å²) in [5, 5.41) is 3.32. The summed E-state index contributed by atoms with van der Waals surface area (Å²) in [6, 6.07) is 0. The van der Waals surface area contributed by atoms with Crippen LogP contribution in [0.1, 0.15) is 25.2 Å². The molecular weight excluding hydrogens is 328 g/mol. The minimum atomic E-state index is -0.634. The molecule has 4 atom stereocenters. The Morgan fingerprint density at radius 2 is 2.21 bits per heavy atom. The third kappa shape index (κ3) is 1.86. The highest BCUT2D eigenvalue weighted by Gasteiger charge is 2.63. The van der Waals surface area contributed by atoms with Crippen molar-refractivity contribution in [3.63, 3.8) is 0 Å². The summed E-state index contributed by atoms with van der Waals surface area (Å²) >= 11 is 1.29. The fourth-order valence-corrected chi connectivity index (χ4v) is 6.14. The Morgan fingerprint density at radius 1 is 1.29 bits per heavy atom. The van der Waals surface area contributed by atoms with Gasteiger partial charge in [0.05, 0.1) is 6.20 Å². The molecular formula is C16H20N4O3S. The van der Waals surface area contributed by atoms with Crippen LogP contribution in [0.2, 0.25) is 0 Å². The second kappa shape index (κ2) is 5.23. The first-order valence-corrected chi connectivity index (χ1v) is 9.58. The molecule has 4 unspecified atom stereocenters. The van der Waals surface area contributed by atoms with Gasteiger partial charge < -0.3 is 9.32 Å². The average molecular weight is 348 g/mol. The van der Waals surface area contributed by atoms with Crippen LogP contribution >= 0.6 is 11.8 Å². The number of hydrogen-bond acceptors (Lipinski definition) is 6. The highest BCUT2D eigenvalue weighted by Crippen LogP contribution is 2.53. The molecule has 0 N–H and O–H groups in total. The van der Waals surface area contributed by atoms with Crippen LogP contribution in [0.3, 0.4) is 0 Å². The number of carbonyl (C=O) groups is 2. The summed E-state index contributed by atoms with van der Waals surface area (Å²) in [5.41, 5.74) is -0.634. The van der Waals surface area contributed by atoms with Gasteiger partial charge in [0.1, 0.15) is 6.26 Å². The van der Waals surface area contributed by atoms with Crippen molar-refractivity contribution in [2.45, 2.75) is 24.8 Å². The quantitative estimate of drug-likeness (QED) is 0.825. The van der Waals surface area contributed by atoms with Crippen LogP contribution in [0.25, 0.3) is 0 Å². The number of piperidine rings is 1. The average Bonchev–Trinajstić information content (AvgIpc) is 3.36. The highest BCUT2D eigenvalue weighted by atomic mass is 32.2. The Labute approximate surface area is 144 Å². The molecule has 24 heavy (non-hydrogen) atoms. The van der Waals surface area contributed by atoms with Crippen molar-refractivity contribution in [3.05, 3.63) is 18.4 Å². The lowest BCUT2D eigenvalue weighted by Crippen LogP contribution is -2.60. The molecule has 0 radical (unpaired) electrons. The molecule has 2 amide bonds. The van der Waals surface area contributed by atoms with Crippen molar-refractivity contribution in [1.82, 2.24) is 19.9 Å². The summed E-state index contributed by atoms with van der Waals surface area (Å²) in [5.74, 6) is 2.01. The molecule has 0 spiro atoms. The number of amides is 2. The van der Waals surface area contributed by atoms with Gasteiger partial charge in [-0.25, -0.2) is 15.0 Å². The maximum atomic E-state index is 12.8. The normalized spacial score (nSPS) is 38.8. The highest BCUT2D eigenvalue weighted by molar-refractivity contribution is 8.13. The van der Waals surface area contributed by atoms with Crippen LogP contribution in [-0.4, -0.2) is 63.0 Å². The minimum absolute atomic E-state index is 0.0326. The Balaban J connectivity index is 1.63. The summed E-state index contributed by atoms with van der Waals surface area (Å²) in [7, 11) is 0. The zero-order chi connectivity index (χ0) is 16.3. The standard InChI is InChI=1S/C16H20N4O3S/c21-13-2-1-5-19(13)20-15(22)24-10-16(20,14-17-4-7-23-14)12-9-18-6-3-11(12)8-18/h4,7,11-12H,1-3,5-6,8-10H2. The van der Waals surface area contributed by atoms with Crippen LogP contribution in [0.15, 0.2) is 16.9 Å². The minimum Gasteiger partial charge on any atom is -0.446 e. The Kier molecular flexibility index (Phi) is 3.22. The van der Waals surface area contributed by atoms with Crippen molar-refractivity contribution in [2.75, 3.05) is 31.9 Å². The van der Waals surface area contributed by atoms with E-state index in [1.807, 2.05) is 0 Å². The number of nitrogens with zero attached hydrogens (tertiary/aromatic N) is 4. The summed E-state index contributed by atoms with van der Waals surface area (Å²) in [6.07, 6.45) is 5.67. The first-order valence-electron chi connectivity index (χ1n) is 8.60. The van der Waals surface area contributed by atoms with Crippen LogP contribution in [-0.2, 0) is 10.3 Å². The molecule has 4 aliphatic heterocycles. The molecule has 1 aromatic rings. The third-order valence-corrected chi connectivity index (χ3v) is 7.01. The van der Waals surface area contributed by atoms with Gasteiger partial charge in [0.25, 0.3) is 0 Å². The van der Waals surface area contributed by atoms with E-state index in [1.54, 1.807) is 22.5 Å². The number of oxazole rings is 1. The maximum absolute atomic E-state index is 12.8. The number of rotatable bonds is 3. The number of aromatic nitrogens is 1. The van der Waals surface area contributed by atoms with E-state index < -0.39 is 5.54 Å². The SMILES string of the molecule is O=C1CCCN1N1C(=O)SCC1(c1ncco1)C1CN2CCC1C2. The largest absolute Gasteiger partial charge is 0.446 e. The molecule has 5 rings (SSSR count). The lowest BCUT2D eigenvalue weighted by molar-refractivity contribution is -0.151. The van der Waals surface area contributed by atoms with Gasteiger partial charge in [0.2, 0.25) is 11.8 Å². The van der Waals surface area contributed by atoms with E-state index >= 15 is 0 Å². The second-order valence-corrected chi connectivity index (χ2v) is 8.09. The second-order valence-electron chi connectivity index (χ2n) is 7.16. The monoisotopic (exact) mass is 348 g/mol. The molecule has 0 aliphatic carbocycles. The number of carbonyl (C=O) groups excluding carboxylic acids is 2. The number of fused-ring (bicyclic) bond motifs is 2. The predicted octanol–water partition coefficient (Wildman–Crippen LogP) is 1.53. The van der Waals surface area contributed by atoms with E-state index in [0.29, 0.717) is 30.5 Å². The Hall–Kier alpha value is -1.54. The van der Waals surface area contributed by atoms with Gasteiger partial charge in [-0.3, -0.25) is 9.59 Å². The zero-order valence-electron chi connectivity index (χ0n) is 13.4. The van der Waals surface area contributed by atoms with E-state index in [4.69, 9.17) is 4.42 Å². The van der Waals surface area contributed by atoms with Crippen LogP contribution in [0.5, 0.6) is 0 Å². The molecule has 0 saturated carbocycles. The van der Waals surface area contributed by atoms with E-state index in [1.165, 1.54) is 11.8 Å². The Bertz CT molecular complexity index is 681. The molecule has 0 aromatic carbocycles.